The van der Waals surface area contributed by atoms with Gasteiger partial charge in [0.05, 0.1) is 0 Å². The number of amides is 2. The summed E-state index contributed by atoms with van der Waals surface area (Å²) >= 11 is 2.02. The van der Waals surface area contributed by atoms with E-state index >= 15 is 0 Å². The number of urea groups is 1. The van der Waals surface area contributed by atoms with Crippen molar-refractivity contribution in [3.8, 4) is 0 Å². The molecule has 1 saturated carbocycles. The van der Waals surface area contributed by atoms with Crippen LogP contribution in [0.25, 0.3) is 0 Å². The average Bonchev–Trinajstić information content (AvgIpc) is 2.63. The fourth-order valence-corrected chi connectivity index (χ4v) is 3.08. The number of carbonyl (C=O) groups excluding carboxylic acids is 1. The van der Waals surface area contributed by atoms with Gasteiger partial charge in [-0.25, -0.2) is 4.79 Å². The second kappa shape index (κ2) is 6.99. The summed E-state index contributed by atoms with van der Waals surface area (Å²) in [6.07, 6.45) is 4.51. The zero-order valence-corrected chi connectivity index (χ0v) is 10.5. The molecule has 0 aliphatic heterocycles. The molecule has 2 unspecified atom stereocenters. The van der Waals surface area contributed by atoms with Crippen LogP contribution in [0.3, 0.4) is 0 Å². The SMILES string of the molecule is CCCNC(=O)NC1CCC(SCC)C1. The first-order valence-corrected chi connectivity index (χ1v) is 6.97. The van der Waals surface area contributed by atoms with Gasteiger partial charge in [-0.3, -0.25) is 0 Å². The Morgan fingerprint density at radius 1 is 1.40 bits per heavy atom. The summed E-state index contributed by atoms with van der Waals surface area (Å²) in [7, 11) is 0. The lowest BCUT2D eigenvalue weighted by Gasteiger charge is -2.13. The van der Waals surface area contributed by atoms with Crippen LogP contribution in [-0.4, -0.2) is 29.6 Å². The Labute approximate surface area is 96.8 Å². The van der Waals surface area contributed by atoms with Crippen LogP contribution in [0.2, 0.25) is 0 Å². The van der Waals surface area contributed by atoms with E-state index in [2.05, 4.69) is 24.5 Å². The van der Waals surface area contributed by atoms with Gasteiger partial charge in [0, 0.05) is 17.8 Å². The summed E-state index contributed by atoms with van der Waals surface area (Å²) in [5.74, 6) is 1.18. The van der Waals surface area contributed by atoms with Gasteiger partial charge in [0.2, 0.25) is 0 Å². The van der Waals surface area contributed by atoms with Gasteiger partial charge in [0.1, 0.15) is 0 Å². The Morgan fingerprint density at radius 2 is 2.20 bits per heavy atom. The maximum absolute atomic E-state index is 11.4. The van der Waals surface area contributed by atoms with Crippen LogP contribution in [0.15, 0.2) is 0 Å². The Hall–Kier alpha value is -0.380. The molecule has 1 fully saturated rings. The molecule has 1 rings (SSSR count). The maximum atomic E-state index is 11.4. The van der Waals surface area contributed by atoms with Crippen molar-refractivity contribution < 1.29 is 4.79 Å². The number of carbonyl (C=O) groups is 1. The van der Waals surface area contributed by atoms with Gasteiger partial charge in [0.25, 0.3) is 0 Å². The molecule has 0 radical (unpaired) electrons. The lowest BCUT2D eigenvalue weighted by molar-refractivity contribution is 0.237. The predicted octanol–water partition coefficient (Wildman–Crippen LogP) is 2.37. The highest BCUT2D eigenvalue weighted by Crippen LogP contribution is 2.29. The average molecular weight is 230 g/mol. The molecule has 0 aromatic carbocycles. The van der Waals surface area contributed by atoms with Crippen molar-refractivity contribution in [2.75, 3.05) is 12.3 Å². The third-order valence-corrected chi connectivity index (χ3v) is 3.89. The zero-order chi connectivity index (χ0) is 11.1. The van der Waals surface area contributed by atoms with Gasteiger partial charge in [-0.15, -0.1) is 0 Å². The smallest absolute Gasteiger partial charge is 0.315 e. The standard InChI is InChI=1S/C11H22N2OS/c1-3-7-12-11(14)13-9-5-6-10(8-9)15-4-2/h9-10H,3-8H2,1-2H3,(H2,12,13,14). The minimum atomic E-state index is 0.00370. The summed E-state index contributed by atoms with van der Waals surface area (Å²) < 4.78 is 0. The van der Waals surface area contributed by atoms with E-state index in [0.29, 0.717) is 6.04 Å². The van der Waals surface area contributed by atoms with Crippen LogP contribution < -0.4 is 10.6 Å². The molecule has 0 aromatic rings. The van der Waals surface area contributed by atoms with Gasteiger partial charge in [-0.2, -0.15) is 11.8 Å². The molecule has 88 valence electrons. The van der Waals surface area contributed by atoms with E-state index in [1.165, 1.54) is 12.2 Å². The summed E-state index contributed by atoms with van der Waals surface area (Å²) in [5.41, 5.74) is 0. The van der Waals surface area contributed by atoms with Crippen molar-refractivity contribution in [2.45, 2.75) is 50.8 Å². The van der Waals surface area contributed by atoms with E-state index in [4.69, 9.17) is 0 Å². The molecule has 2 N–H and O–H groups in total. The molecular weight excluding hydrogens is 208 g/mol. The van der Waals surface area contributed by atoms with Gasteiger partial charge in [0.15, 0.2) is 0 Å². The Kier molecular flexibility index (Phi) is 5.91. The van der Waals surface area contributed by atoms with E-state index in [-0.39, 0.29) is 6.03 Å². The molecule has 4 heteroatoms. The van der Waals surface area contributed by atoms with Crippen LogP contribution in [0.1, 0.15) is 39.5 Å². The van der Waals surface area contributed by atoms with Crippen LogP contribution in [-0.2, 0) is 0 Å². The van der Waals surface area contributed by atoms with Gasteiger partial charge in [-0.05, 0) is 31.4 Å². The fraction of sp³-hybridized carbons (Fsp3) is 0.909. The van der Waals surface area contributed by atoms with Crippen LogP contribution >= 0.6 is 11.8 Å². The topological polar surface area (TPSA) is 41.1 Å². The summed E-state index contributed by atoms with van der Waals surface area (Å²) in [5, 5.41) is 6.64. The molecule has 0 aromatic heterocycles. The molecule has 0 saturated heterocycles. The van der Waals surface area contributed by atoms with Crippen LogP contribution in [0.5, 0.6) is 0 Å². The lowest BCUT2D eigenvalue weighted by Crippen LogP contribution is -2.41. The van der Waals surface area contributed by atoms with Crippen LogP contribution in [0, 0.1) is 0 Å². The molecule has 1 aliphatic carbocycles. The monoisotopic (exact) mass is 230 g/mol. The van der Waals surface area contributed by atoms with E-state index < -0.39 is 0 Å². The van der Waals surface area contributed by atoms with Crippen molar-refractivity contribution >= 4 is 17.8 Å². The Morgan fingerprint density at radius 3 is 2.87 bits per heavy atom. The van der Waals surface area contributed by atoms with Crippen molar-refractivity contribution in [3.05, 3.63) is 0 Å². The van der Waals surface area contributed by atoms with E-state index in [0.717, 1.165) is 31.1 Å². The number of rotatable bonds is 5. The second-order valence-electron chi connectivity index (χ2n) is 3.99. The highest BCUT2D eigenvalue weighted by Gasteiger charge is 2.25. The number of thioether (sulfide) groups is 1. The predicted molar refractivity (Wildman–Crippen MR) is 66.4 cm³/mol. The Balaban J connectivity index is 2.15. The van der Waals surface area contributed by atoms with Crippen molar-refractivity contribution in [2.24, 2.45) is 0 Å². The first-order valence-electron chi connectivity index (χ1n) is 5.92. The Bertz CT molecular complexity index is 199. The van der Waals surface area contributed by atoms with E-state index in [1.807, 2.05) is 11.8 Å². The molecule has 3 nitrogen and oxygen atoms in total. The molecule has 0 heterocycles. The first kappa shape index (κ1) is 12.7. The van der Waals surface area contributed by atoms with E-state index in [1.54, 1.807) is 0 Å². The highest BCUT2D eigenvalue weighted by molar-refractivity contribution is 7.99. The summed E-state index contributed by atoms with van der Waals surface area (Å²) in [6, 6.07) is 0.398. The first-order chi connectivity index (χ1) is 7.26. The third kappa shape index (κ3) is 4.78. The lowest BCUT2D eigenvalue weighted by atomic mass is 10.2. The quantitative estimate of drug-likeness (QED) is 0.761. The number of hydrogen-bond acceptors (Lipinski definition) is 2. The zero-order valence-electron chi connectivity index (χ0n) is 9.71. The molecule has 2 amide bonds. The minimum Gasteiger partial charge on any atom is -0.338 e. The molecule has 2 atom stereocenters. The summed E-state index contributed by atoms with van der Waals surface area (Å²) in [6.45, 7) is 5.02. The third-order valence-electron chi connectivity index (χ3n) is 2.66. The van der Waals surface area contributed by atoms with Crippen molar-refractivity contribution in [3.63, 3.8) is 0 Å². The van der Waals surface area contributed by atoms with Gasteiger partial charge < -0.3 is 10.6 Å². The molecular formula is C11H22N2OS. The van der Waals surface area contributed by atoms with Crippen molar-refractivity contribution in [1.82, 2.24) is 10.6 Å². The molecule has 0 spiro atoms. The second-order valence-corrected chi connectivity index (χ2v) is 5.56. The highest BCUT2D eigenvalue weighted by atomic mass is 32.2. The summed E-state index contributed by atoms with van der Waals surface area (Å²) in [4.78, 5) is 11.4. The molecule has 1 aliphatic rings. The fourth-order valence-electron chi connectivity index (χ4n) is 1.93. The minimum absolute atomic E-state index is 0.00370. The normalized spacial score (nSPS) is 25.2. The van der Waals surface area contributed by atoms with Gasteiger partial charge >= 0.3 is 6.03 Å². The number of hydrogen-bond donors (Lipinski definition) is 2. The van der Waals surface area contributed by atoms with Crippen molar-refractivity contribution in [1.29, 1.82) is 0 Å². The van der Waals surface area contributed by atoms with Gasteiger partial charge in [-0.1, -0.05) is 13.8 Å². The largest absolute Gasteiger partial charge is 0.338 e. The van der Waals surface area contributed by atoms with E-state index in [9.17, 15) is 4.79 Å². The maximum Gasteiger partial charge on any atom is 0.315 e. The van der Waals surface area contributed by atoms with Crippen LogP contribution in [0.4, 0.5) is 4.79 Å². The number of nitrogens with one attached hydrogen (secondary N) is 2. The molecule has 0 bridgehead atoms. The molecule has 15 heavy (non-hydrogen) atoms.